The molecule has 0 atom stereocenters. The van der Waals surface area contributed by atoms with Crippen LogP contribution < -0.4 is 4.90 Å². The van der Waals surface area contributed by atoms with Crippen molar-refractivity contribution >= 4 is 50.7 Å². The molecule has 1 aliphatic heterocycles. The summed E-state index contributed by atoms with van der Waals surface area (Å²) in [5.41, 5.74) is 0.338. The van der Waals surface area contributed by atoms with Gasteiger partial charge in [0.05, 0.1) is 10.5 Å². The molecule has 0 radical (unpaired) electrons. The van der Waals surface area contributed by atoms with Gasteiger partial charge in [0, 0.05) is 53.5 Å². The van der Waals surface area contributed by atoms with Crippen LogP contribution >= 0.6 is 33.9 Å². The van der Waals surface area contributed by atoms with E-state index in [9.17, 15) is 14.9 Å². The number of hydrogen-bond donors (Lipinski definition) is 0. The number of nitro groups is 1. The smallest absolute Gasteiger partial charge is 0.270 e. The first kappa shape index (κ1) is 17.1. The molecule has 7 nitrogen and oxygen atoms in total. The maximum absolute atomic E-state index is 12.8. The lowest BCUT2D eigenvalue weighted by atomic mass is 10.1. The van der Waals surface area contributed by atoms with Gasteiger partial charge >= 0.3 is 0 Å². The predicted molar refractivity (Wildman–Crippen MR) is 101 cm³/mol. The Kier molecular flexibility index (Phi) is 5.29. The molecule has 0 N–H and O–H groups in total. The molecule has 1 fully saturated rings. The molecule has 9 heteroatoms. The molecule has 0 saturated carbocycles. The standard InChI is InChI=1S/C15H15IN4O3S/c16-13-3-2-11(20(22)23)10-12(13)14(21)18-5-1-6-19(8-7-18)15-17-4-9-24-15/h2-4,9-10H,1,5-8H2. The zero-order chi connectivity index (χ0) is 17.1. The van der Waals surface area contributed by atoms with Crippen LogP contribution in [0.25, 0.3) is 0 Å². The summed E-state index contributed by atoms with van der Waals surface area (Å²) in [7, 11) is 0. The Balaban J connectivity index is 1.76. The van der Waals surface area contributed by atoms with Crippen LogP contribution in [0.3, 0.4) is 0 Å². The van der Waals surface area contributed by atoms with Gasteiger partial charge in [-0.1, -0.05) is 0 Å². The van der Waals surface area contributed by atoms with E-state index in [1.807, 2.05) is 28.0 Å². The monoisotopic (exact) mass is 458 g/mol. The predicted octanol–water partition coefficient (Wildman–Crippen LogP) is 3.01. The van der Waals surface area contributed by atoms with Gasteiger partial charge in [-0.3, -0.25) is 14.9 Å². The van der Waals surface area contributed by atoms with Crippen molar-refractivity contribution in [3.8, 4) is 0 Å². The SMILES string of the molecule is O=C(c1cc([N+](=O)[O-])ccc1I)N1CCCN(c2nccs2)CC1. The molecule has 2 heterocycles. The van der Waals surface area contributed by atoms with Crippen molar-refractivity contribution in [2.45, 2.75) is 6.42 Å². The van der Waals surface area contributed by atoms with E-state index in [1.165, 1.54) is 12.1 Å². The molecule has 1 aliphatic rings. The number of rotatable bonds is 3. The van der Waals surface area contributed by atoms with E-state index in [4.69, 9.17) is 0 Å². The van der Waals surface area contributed by atoms with E-state index >= 15 is 0 Å². The topological polar surface area (TPSA) is 79.6 Å². The number of carbonyl (C=O) groups excluding carboxylic acids is 1. The molecule has 3 rings (SSSR count). The fourth-order valence-electron chi connectivity index (χ4n) is 2.64. The van der Waals surface area contributed by atoms with Crippen molar-refractivity contribution in [2.75, 3.05) is 31.1 Å². The second kappa shape index (κ2) is 7.43. The molecule has 126 valence electrons. The van der Waals surface area contributed by atoms with Crippen molar-refractivity contribution in [1.29, 1.82) is 0 Å². The Morgan fingerprint density at radius 2 is 2.12 bits per heavy atom. The second-order valence-electron chi connectivity index (χ2n) is 5.37. The number of nitrogens with zero attached hydrogens (tertiary/aromatic N) is 4. The van der Waals surface area contributed by atoms with Gasteiger partial charge in [-0.15, -0.1) is 11.3 Å². The molecule has 1 aromatic heterocycles. The van der Waals surface area contributed by atoms with Crippen LogP contribution in [-0.4, -0.2) is 46.9 Å². The lowest BCUT2D eigenvalue weighted by Gasteiger charge is -2.22. The maximum Gasteiger partial charge on any atom is 0.270 e. The van der Waals surface area contributed by atoms with Crippen LogP contribution in [0.1, 0.15) is 16.8 Å². The summed E-state index contributed by atoms with van der Waals surface area (Å²) in [6.07, 6.45) is 2.62. The lowest BCUT2D eigenvalue weighted by Crippen LogP contribution is -2.35. The summed E-state index contributed by atoms with van der Waals surface area (Å²) in [6, 6.07) is 4.41. The first-order valence-electron chi connectivity index (χ1n) is 7.44. The molecule has 0 aliphatic carbocycles. The Morgan fingerprint density at radius 1 is 1.29 bits per heavy atom. The molecule has 2 aromatic rings. The summed E-state index contributed by atoms with van der Waals surface area (Å²) < 4.78 is 0.726. The van der Waals surface area contributed by atoms with Crippen LogP contribution in [0.5, 0.6) is 0 Å². The minimum absolute atomic E-state index is 0.0574. The Bertz CT molecular complexity index is 753. The van der Waals surface area contributed by atoms with Gasteiger partial charge in [-0.2, -0.15) is 0 Å². The Morgan fingerprint density at radius 3 is 2.83 bits per heavy atom. The van der Waals surface area contributed by atoms with E-state index in [1.54, 1.807) is 28.5 Å². The Labute approximate surface area is 156 Å². The van der Waals surface area contributed by atoms with Gasteiger partial charge in [0.1, 0.15) is 0 Å². The highest BCUT2D eigenvalue weighted by atomic mass is 127. The van der Waals surface area contributed by atoms with Crippen LogP contribution in [0.15, 0.2) is 29.8 Å². The number of halogens is 1. The molecule has 1 amide bonds. The summed E-state index contributed by atoms with van der Waals surface area (Å²) in [5, 5.41) is 13.9. The summed E-state index contributed by atoms with van der Waals surface area (Å²) >= 11 is 3.63. The fraction of sp³-hybridized carbons (Fsp3) is 0.333. The third kappa shape index (κ3) is 3.66. The van der Waals surface area contributed by atoms with Gasteiger partial charge in [0.25, 0.3) is 11.6 Å². The van der Waals surface area contributed by atoms with Crippen molar-refractivity contribution in [2.24, 2.45) is 0 Å². The number of hydrogen-bond acceptors (Lipinski definition) is 6. The van der Waals surface area contributed by atoms with E-state index < -0.39 is 4.92 Å². The third-order valence-electron chi connectivity index (χ3n) is 3.86. The van der Waals surface area contributed by atoms with E-state index in [-0.39, 0.29) is 11.6 Å². The molecular formula is C15H15IN4O3S. The normalized spacial score (nSPS) is 15.2. The molecule has 1 aromatic carbocycles. The largest absolute Gasteiger partial charge is 0.346 e. The number of nitro benzene ring substituents is 1. The average molecular weight is 458 g/mol. The maximum atomic E-state index is 12.8. The first-order chi connectivity index (χ1) is 11.6. The highest BCUT2D eigenvalue weighted by molar-refractivity contribution is 14.1. The van der Waals surface area contributed by atoms with Crippen molar-refractivity contribution in [3.05, 3.63) is 49.0 Å². The fourth-order valence-corrected chi connectivity index (χ4v) is 3.91. The molecule has 0 unspecified atom stereocenters. The zero-order valence-corrected chi connectivity index (χ0v) is 15.7. The van der Waals surface area contributed by atoms with Gasteiger partial charge < -0.3 is 9.80 Å². The van der Waals surface area contributed by atoms with Crippen LogP contribution in [0.2, 0.25) is 0 Å². The summed E-state index contributed by atoms with van der Waals surface area (Å²) in [6.45, 7) is 2.78. The van der Waals surface area contributed by atoms with Crippen molar-refractivity contribution < 1.29 is 9.72 Å². The van der Waals surface area contributed by atoms with E-state index in [2.05, 4.69) is 9.88 Å². The van der Waals surface area contributed by atoms with Crippen LogP contribution in [0.4, 0.5) is 10.8 Å². The number of non-ortho nitro benzene ring substituents is 1. The summed E-state index contributed by atoms with van der Waals surface area (Å²) in [5.74, 6) is -0.149. The quantitative estimate of drug-likeness (QED) is 0.402. The number of thiazole rings is 1. The summed E-state index contributed by atoms with van der Waals surface area (Å²) in [4.78, 5) is 31.6. The number of amides is 1. The number of benzene rings is 1. The number of carbonyl (C=O) groups is 1. The van der Waals surface area contributed by atoms with Gasteiger partial charge in [0.15, 0.2) is 5.13 Å². The average Bonchev–Trinajstić information content (AvgIpc) is 2.99. The van der Waals surface area contributed by atoms with Gasteiger partial charge in [-0.05, 0) is 35.1 Å². The molecular weight excluding hydrogens is 443 g/mol. The molecule has 24 heavy (non-hydrogen) atoms. The highest BCUT2D eigenvalue weighted by Crippen LogP contribution is 2.23. The first-order valence-corrected chi connectivity index (χ1v) is 9.40. The highest BCUT2D eigenvalue weighted by Gasteiger charge is 2.24. The van der Waals surface area contributed by atoms with Gasteiger partial charge in [0.2, 0.25) is 0 Å². The van der Waals surface area contributed by atoms with Crippen molar-refractivity contribution in [3.63, 3.8) is 0 Å². The van der Waals surface area contributed by atoms with Crippen LogP contribution in [-0.2, 0) is 0 Å². The molecule has 0 bridgehead atoms. The van der Waals surface area contributed by atoms with E-state index in [0.717, 1.165) is 21.7 Å². The van der Waals surface area contributed by atoms with Gasteiger partial charge in [-0.25, -0.2) is 4.98 Å². The minimum atomic E-state index is -0.473. The lowest BCUT2D eigenvalue weighted by molar-refractivity contribution is -0.384. The Hall–Kier alpha value is -1.75. The zero-order valence-electron chi connectivity index (χ0n) is 12.7. The number of aromatic nitrogens is 1. The van der Waals surface area contributed by atoms with Crippen LogP contribution in [0, 0.1) is 13.7 Å². The molecule has 0 spiro atoms. The second-order valence-corrected chi connectivity index (χ2v) is 7.40. The number of anilines is 1. The molecule has 1 saturated heterocycles. The van der Waals surface area contributed by atoms with E-state index in [0.29, 0.717) is 25.2 Å². The third-order valence-corrected chi connectivity index (χ3v) is 5.64. The van der Waals surface area contributed by atoms with Crippen molar-refractivity contribution in [1.82, 2.24) is 9.88 Å². The minimum Gasteiger partial charge on any atom is -0.346 e.